The fraction of sp³-hybridized carbons (Fsp3) is 0.500. The van der Waals surface area contributed by atoms with E-state index < -0.39 is 11.9 Å². The Hall–Kier alpha value is -2.55. The Morgan fingerprint density at radius 2 is 2.00 bits per heavy atom. The van der Waals surface area contributed by atoms with Crippen molar-refractivity contribution in [3.63, 3.8) is 0 Å². The van der Waals surface area contributed by atoms with E-state index in [1.54, 1.807) is 7.05 Å². The number of aliphatic imine (C=N–C) groups is 1. The topological polar surface area (TPSA) is 57.5 Å². The first-order valence-corrected chi connectivity index (χ1v) is 9.69. The molecule has 0 aliphatic carbocycles. The van der Waals surface area contributed by atoms with Crippen LogP contribution < -0.4 is 10.6 Å². The molecule has 0 amide bonds. The molecule has 1 unspecified atom stereocenters. The molecule has 158 valence electrons. The molecular formula is C20H27F3N6. The highest BCUT2D eigenvalue weighted by Gasteiger charge is 2.36. The third-order valence-corrected chi connectivity index (χ3v) is 5.08. The zero-order valence-corrected chi connectivity index (χ0v) is 16.7. The highest BCUT2D eigenvalue weighted by Crippen LogP contribution is 2.30. The molecule has 0 radical (unpaired) electrons. The van der Waals surface area contributed by atoms with Crippen molar-refractivity contribution in [2.75, 3.05) is 20.1 Å². The summed E-state index contributed by atoms with van der Waals surface area (Å²) in [6.07, 6.45) is -0.883. The molecule has 2 aromatic rings. The predicted octanol–water partition coefficient (Wildman–Crippen LogP) is 2.77. The van der Waals surface area contributed by atoms with Crippen LogP contribution in [0, 0.1) is 0 Å². The van der Waals surface area contributed by atoms with E-state index in [2.05, 4.69) is 37.8 Å². The molecule has 29 heavy (non-hydrogen) atoms. The zero-order valence-electron chi connectivity index (χ0n) is 16.7. The largest absolute Gasteiger partial charge is 0.435 e. The summed E-state index contributed by atoms with van der Waals surface area (Å²) in [6, 6.07) is 10.7. The van der Waals surface area contributed by atoms with Gasteiger partial charge in [-0.3, -0.25) is 14.6 Å². The second kappa shape index (κ2) is 9.30. The normalized spacial score (nSPS) is 18.2. The van der Waals surface area contributed by atoms with Crippen molar-refractivity contribution >= 4 is 5.96 Å². The standard InChI is InChI=1S/C20H27F3N6/c1-24-19(25-11-16-14-28(2)27-18(16)20(21,22)23)26-12-17-9-6-10-29(17)13-15-7-4-3-5-8-15/h3-5,7-8,14,17H,6,9-13H2,1-2H3,(H2,24,25,26). The number of nitrogens with one attached hydrogen (secondary N) is 2. The van der Waals surface area contributed by atoms with Crippen LogP contribution in [0.2, 0.25) is 0 Å². The van der Waals surface area contributed by atoms with Crippen LogP contribution in [-0.2, 0) is 26.3 Å². The number of aromatic nitrogens is 2. The first-order valence-electron chi connectivity index (χ1n) is 9.69. The molecule has 1 aliphatic rings. The van der Waals surface area contributed by atoms with E-state index >= 15 is 0 Å². The number of rotatable bonds is 6. The lowest BCUT2D eigenvalue weighted by Crippen LogP contribution is -2.44. The summed E-state index contributed by atoms with van der Waals surface area (Å²) < 4.78 is 40.4. The van der Waals surface area contributed by atoms with Crippen molar-refractivity contribution in [3.8, 4) is 0 Å². The summed E-state index contributed by atoms with van der Waals surface area (Å²) in [5.41, 5.74) is 0.500. The van der Waals surface area contributed by atoms with E-state index in [1.807, 2.05) is 18.2 Å². The van der Waals surface area contributed by atoms with E-state index in [9.17, 15) is 13.2 Å². The molecule has 0 bridgehead atoms. The molecule has 1 fully saturated rings. The first kappa shape index (κ1) is 21.2. The molecule has 1 aromatic heterocycles. The van der Waals surface area contributed by atoms with Crippen LogP contribution in [0.4, 0.5) is 13.2 Å². The molecule has 0 saturated carbocycles. The van der Waals surface area contributed by atoms with Gasteiger partial charge >= 0.3 is 6.18 Å². The van der Waals surface area contributed by atoms with Gasteiger partial charge in [-0.15, -0.1) is 0 Å². The van der Waals surface area contributed by atoms with Crippen LogP contribution in [0.3, 0.4) is 0 Å². The van der Waals surface area contributed by atoms with Crippen molar-refractivity contribution in [3.05, 3.63) is 53.3 Å². The molecule has 9 heteroatoms. The third kappa shape index (κ3) is 5.72. The van der Waals surface area contributed by atoms with Crippen LogP contribution in [0.15, 0.2) is 41.5 Å². The minimum atomic E-state index is -4.48. The number of hydrogen-bond acceptors (Lipinski definition) is 3. The average Bonchev–Trinajstić information content (AvgIpc) is 3.28. The Kier molecular flexibility index (Phi) is 6.79. The van der Waals surface area contributed by atoms with Crippen LogP contribution in [0.25, 0.3) is 0 Å². The number of aryl methyl sites for hydroxylation is 1. The van der Waals surface area contributed by atoms with Crippen molar-refractivity contribution in [2.24, 2.45) is 12.0 Å². The van der Waals surface area contributed by atoms with Crippen LogP contribution in [0.5, 0.6) is 0 Å². The van der Waals surface area contributed by atoms with Gasteiger partial charge in [0.25, 0.3) is 0 Å². The van der Waals surface area contributed by atoms with E-state index in [1.165, 1.54) is 23.5 Å². The van der Waals surface area contributed by atoms with Crippen molar-refractivity contribution in [1.82, 2.24) is 25.3 Å². The molecule has 2 N–H and O–H groups in total. The Morgan fingerprint density at radius 3 is 2.69 bits per heavy atom. The van der Waals surface area contributed by atoms with Gasteiger partial charge in [-0.2, -0.15) is 18.3 Å². The van der Waals surface area contributed by atoms with E-state index in [0.29, 0.717) is 18.5 Å². The first-order chi connectivity index (χ1) is 13.9. The number of halogens is 3. The van der Waals surface area contributed by atoms with Gasteiger partial charge in [0, 0.05) is 51.5 Å². The number of nitrogens with zero attached hydrogens (tertiary/aromatic N) is 4. The lowest BCUT2D eigenvalue weighted by Gasteiger charge is -2.25. The van der Waals surface area contributed by atoms with Gasteiger partial charge in [0.05, 0.1) is 0 Å². The van der Waals surface area contributed by atoms with Gasteiger partial charge in [0.15, 0.2) is 11.7 Å². The second-order valence-corrected chi connectivity index (χ2v) is 7.23. The Morgan fingerprint density at radius 1 is 1.24 bits per heavy atom. The predicted molar refractivity (Wildman–Crippen MR) is 106 cm³/mol. The van der Waals surface area contributed by atoms with Crippen LogP contribution in [-0.4, -0.2) is 46.8 Å². The zero-order chi connectivity index (χ0) is 20.9. The molecule has 6 nitrogen and oxygen atoms in total. The lowest BCUT2D eigenvalue weighted by atomic mass is 10.2. The Labute approximate surface area is 168 Å². The van der Waals surface area contributed by atoms with Gasteiger partial charge in [-0.05, 0) is 24.9 Å². The van der Waals surface area contributed by atoms with E-state index in [-0.39, 0.29) is 12.1 Å². The maximum atomic E-state index is 13.1. The molecule has 0 spiro atoms. The smallest absolute Gasteiger partial charge is 0.355 e. The molecule has 1 saturated heterocycles. The quantitative estimate of drug-likeness (QED) is 0.570. The van der Waals surface area contributed by atoms with Crippen molar-refractivity contribution < 1.29 is 13.2 Å². The minimum absolute atomic E-state index is 0.000747. The van der Waals surface area contributed by atoms with Crippen molar-refractivity contribution in [2.45, 2.75) is 38.1 Å². The highest BCUT2D eigenvalue weighted by atomic mass is 19.4. The van der Waals surface area contributed by atoms with Gasteiger partial charge in [-0.1, -0.05) is 30.3 Å². The summed E-state index contributed by atoms with van der Waals surface area (Å²) in [4.78, 5) is 6.57. The molecule has 1 aromatic carbocycles. The Bertz CT molecular complexity index is 815. The summed E-state index contributed by atoms with van der Waals surface area (Å²) in [5, 5.41) is 9.75. The number of benzene rings is 1. The van der Waals surface area contributed by atoms with Crippen LogP contribution in [0.1, 0.15) is 29.7 Å². The summed E-state index contributed by atoms with van der Waals surface area (Å²) in [7, 11) is 3.09. The minimum Gasteiger partial charge on any atom is -0.355 e. The second-order valence-electron chi connectivity index (χ2n) is 7.23. The number of alkyl halides is 3. The van der Waals surface area contributed by atoms with E-state index in [4.69, 9.17) is 0 Å². The monoisotopic (exact) mass is 408 g/mol. The fourth-order valence-electron chi connectivity index (χ4n) is 3.67. The summed E-state index contributed by atoms with van der Waals surface area (Å²) in [6.45, 7) is 2.62. The summed E-state index contributed by atoms with van der Waals surface area (Å²) >= 11 is 0. The fourth-order valence-corrected chi connectivity index (χ4v) is 3.67. The Balaban J connectivity index is 1.53. The maximum absolute atomic E-state index is 13.1. The molecular weight excluding hydrogens is 381 g/mol. The number of hydrogen-bond donors (Lipinski definition) is 2. The molecule has 2 heterocycles. The number of guanidine groups is 1. The maximum Gasteiger partial charge on any atom is 0.435 e. The van der Waals surface area contributed by atoms with Gasteiger partial charge in [0.2, 0.25) is 0 Å². The number of likely N-dealkylation sites (tertiary alicyclic amines) is 1. The van der Waals surface area contributed by atoms with E-state index in [0.717, 1.165) is 25.9 Å². The SMILES string of the molecule is CN=C(NCc1cn(C)nc1C(F)(F)F)NCC1CCCN1Cc1ccccc1. The highest BCUT2D eigenvalue weighted by molar-refractivity contribution is 5.79. The third-order valence-electron chi connectivity index (χ3n) is 5.08. The molecule has 1 aliphatic heterocycles. The molecule has 1 atom stereocenters. The summed E-state index contributed by atoms with van der Waals surface area (Å²) in [5.74, 6) is 0.480. The average molecular weight is 408 g/mol. The van der Waals surface area contributed by atoms with Crippen molar-refractivity contribution in [1.29, 1.82) is 0 Å². The lowest BCUT2D eigenvalue weighted by molar-refractivity contribution is -0.142. The van der Waals surface area contributed by atoms with Gasteiger partial charge < -0.3 is 10.6 Å². The van der Waals surface area contributed by atoms with Gasteiger partial charge in [0.1, 0.15) is 0 Å². The molecule has 3 rings (SSSR count). The van der Waals surface area contributed by atoms with Gasteiger partial charge in [-0.25, -0.2) is 0 Å². The van der Waals surface area contributed by atoms with Crippen LogP contribution >= 0.6 is 0 Å².